The van der Waals surface area contributed by atoms with Crippen molar-refractivity contribution < 1.29 is 9.59 Å². The molecule has 3 N–H and O–H groups in total. The molecule has 0 aromatic heterocycles. The summed E-state index contributed by atoms with van der Waals surface area (Å²) in [4.78, 5) is 23.7. The van der Waals surface area contributed by atoms with E-state index in [1.807, 2.05) is 0 Å². The summed E-state index contributed by atoms with van der Waals surface area (Å²) in [7, 11) is 0. The number of rotatable bonds is 3. The van der Waals surface area contributed by atoms with E-state index in [1.54, 1.807) is 11.8 Å². The van der Waals surface area contributed by atoms with E-state index in [2.05, 4.69) is 5.32 Å². The van der Waals surface area contributed by atoms with E-state index < -0.39 is 0 Å². The Balaban J connectivity index is 2.22. The van der Waals surface area contributed by atoms with Crippen LogP contribution in [0.4, 0.5) is 0 Å². The Morgan fingerprint density at radius 1 is 1.57 bits per heavy atom. The van der Waals surface area contributed by atoms with E-state index in [9.17, 15) is 9.59 Å². The van der Waals surface area contributed by atoms with Gasteiger partial charge in [0.25, 0.3) is 0 Å². The van der Waals surface area contributed by atoms with Crippen molar-refractivity contribution in [2.24, 2.45) is 11.7 Å². The van der Waals surface area contributed by atoms with Gasteiger partial charge in [-0.05, 0) is 12.3 Å². The average Bonchev–Trinajstić information content (AvgIpc) is 2.62. The number of hydrogen-bond donors (Lipinski definition) is 2. The third-order valence-corrected chi connectivity index (χ3v) is 2.50. The summed E-state index contributed by atoms with van der Waals surface area (Å²) in [6.45, 7) is 3.78. The zero-order valence-electron chi connectivity index (χ0n) is 8.45. The largest absolute Gasteiger partial charge is 0.355 e. The number of nitrogens with zero attached hydrogens (tertiary/aromatic N) is 1. The molecule has 14 heavy (non-hydrogen) atoms. The first-order valence-electron chi connectivity index (χ1n) is 4.85. The maximum Gasteiger partial charge on any atom is 0.233 e. The molecule has 5 nitrogen and oxygen atoms in total. The molecule has 2 amide bonds. The average molecular weight is 199 g/mol. The minimum Gasteiger partial charge on any atom is -0.355 e. The molecule has 1 aliphatic heterocycles. The van der Waals surface area contributed by atoms with Gasteiger partial charge < -0.3 is 16.0 Å². The zero-order chi connectivity index (χ0) is 10.6. The second kappa shape index (κ2) is 4.95. The number of carbonyl (C=O) groups excluding carboxylic acids is 2. The second-order valence-electron chi connectivity index (χ2n) is 3.63. The highest BCUT2D eigenvalue weighted by molar-refractivity contribution is 5.77. The first kappa shape index (κ1) is 11.0. The maximum absolute atomic E-state index is 11.0. The maximum atomic E-state index is 11.0. The van der Waals surface area contributed by atoms with Crippen LogP contribution in [0.25, 0.3) is 0 Å². The molecule has 1 heterocycles. The molecule has 0 aromatic rings. The number of nitrogens with one attached hydrogen (secondary N) is 1. The summed E-state index contributed by atoms with van der Waals surface area (Å²) >= 11 is 0. The fourth-order valence-electron chi connectivity index (χ4n) is 1.62. The Labute approximate surface area is 83.6 Å². The number of nitrogens with two attached hydrogens (primary N) is 1. The van der Waals surface area contributed by atoms with Gasteiger partial charge in [0.15, 0.2) is 0 Å². The fraction of sp³-hybridized carbons (Fsp3) is 0.778. The van der Waals surface area contributed by atoms with Gasteiger partial charge in [-0.1, -0.05) is 0 Å². The van der Waals surface area contributed by atoms with Crippen LogP contribution in [-0.2, 0) is 9.59 Å². The van der Waals surface area contributed by atoms with Crippen LogP contribution in [0.3, 0.4) is 0 Å². The van der Waals surface area contributed by atoms with Gasteiger partial charge in [0, 0.05) is 26.6 Å². The van der Waals surface area contributed by atoms with Gasteiger partial charge in [-0.25, -0.2) is 0 Å². The van der Waals surface area contributed by atoms with Crippen molar-refractivity contribution in [1.82, 2.24) is 10.2 Å². The number of hydrogen-bond acceptors (Lipinski definition) is 3. The second-order valence-corrected chi connectivity index (χ2v) is 3.63. The molecule has 1 unspecified atom stereocenters. The molecular weight excluding hydrogens is 182 g/mol. The molecule has 1 saturated heterocycles. The predicted molar refractivity (Wildman–Crippen MR) is 52.4 cm³/mol. The number of carbonyl (C=O) groups is 2. The van der Waals surface area contributed by atoms with Crippen molar-refractivity contribution in [2.75, 3.05) is 26.2 Å². The van der Waals surface area contributed by atoms with Crippen molar-refractivity contribution in [3.8, 4) is 0 Å². The topological polar surface area (TPSA) is 75.4 Å². The first-order chi connectivity index (χ1) is 6.63. The molecule has 0 bridgehead atoms. The van der Waals surface area contributed by atoms with E-state index in [-0.39, 0.29) is 18.4 Å². The van der Waals surface area contributed by atoms with Crippen LogP contribution in [-0.4, -0.2) is 42.9 Å². The normalized spacial score (nSPS) is 21.0. The van der Waals surface area contributed by atoms with E-state index in [1.165, 1.54) is 0 Å². The molecule has 5 heteroatoms. The quantitative estimate of drug-likeness (QED) is 0.607. The lowest BCUT2D eigenvalue weighted by Gasteiger charge is -2.14. The van der Waals surface area contributed by atoms with Gasteiger partial charge >= 0.3 is 0 Å². The SMILES string of the molecule is CC(=O)N1CCC(CNC(=O)CN)C1. The van der Waals surface area contributed by atoms with Gasteiger partial charge in [-0.2, -0.15) is 0 Å². The molecule has 1 rings (SSSR count). The lowest BCUT2D eigenvalue weighted by molar-refractivity contribution is -0.127. The standard InChI is InChI=1S/C9H17N3O2/c1-7(13)12-3-2-8(6-12)5-11-9(14)4-10/h8H,2-6,10H2,1H3,(H,11,14). The zero-order valence-corrected chi connectivity index (χ0v) is 8.45. The summed E-state index contributed by atoms with van der Waals surface area (Å²) in [5.74, 6) is 0.360. The molecule has 1 aliphatic rings. The van der Waals surface area contributed by atoms with Crippen molar-refractivity contribution in [2.45, 2.75) is 13.3 Å². The van der Waals surface area contributed by atoms with Crippen LogP contribution >= 0.6 is 0 Å². The van der Waals surface area contributed by atoms with Crippen LogP contribution in [0.15, 0.2) is 0 Å². The molecule has 0 spiro atoms. The Kier molecular flexibility index (Phi) is 3.88. The number of likely N-dealkylation sites (tertiary alicyclic amines) is 1. The monoisotopic (exact) mass is 199 g/mol. The van der Waals surface area contributed by atoms with Crippen LogP contribution in [0.5, 0.6) is 0 Å². The summed E-state index contributed by atoms with van der Waals surface area (Å²) in [5, 5.41) is 2.73. The highest BCUT2D eigenvalue weighted by atomic mass is 16.2. The highest BCUT2D eigenvalue weighted by Gasteiger charge is 2.23. The minimum atomic E-state index is -0.133. The van der Waals surface area contributed by atoms with Crippen molar-refractivity contribution in [3.63, 3.8) is 0 Å². The van der Waals surface area contributed by atoms with Crippen LogP contribution in [0, 0.1) is 5.92 Å². The minimum absolute atomic E-state index is 0.0309. The van der Waals surface area contributed by atoms with Crippen molar-refractivity contribution in [3.05, 3.63) is 0 Å². The van der Waals surface area contributed by atoms with Crippen molar-refractivity contribution in [1.29, 1.82) is 0 Å². The Hall–Kier alpha value is -1.10. The summed E-state index contributed by atoms with van der Waals surface area (Å²) in [6, 6.07) is 0. The third-order valence-electron chi connectivity index (χ3n) is 2.50. The lowest BCUT2D eigenvalue weighted by atomic mass is 10.1. The molecule has 1 fully saturated rings. The van der Waals surface area contributed by atoms with Gasteiger partial charge in [-0.15, -0.1) is 0 Å². The third kappa shape index (κ3) is 2.99. The van der Waals surface area contributed by atoms with Gasteiger partial charge in [0.05, 0.1) is 6.54 Å². The fourth-order valence-corrected chi connectivity index (χ4v) is 1.62. The highest BCUT2D eigenvalue weighted by Crippen LogP contribution is 2.14. The smallest absolute Gasteiger partial charge is 0.233 e. The van der Waals surface area contributed by atoms with Gasteiger partial charge in [-0.3, -0.25) is 9.59 Å². The van der Waals surface area contributed by atoms with E-state index in [0.717, 1.165) is 19.5 Å². The summed E-state index contributed by atoms with van der Waals surface area (Å²) < 4.78 is 0. The Morgan fingerprint density at radius 3 is 2.79 bits per heavy atom. The summed E-state index contributed by atoms with van der Waals surface area (Å²) in [6.07, 6.45) is 0.963. The van der Waals surface area contributed by atoms with Gasteiger partial charge in [0.2, 0.25) is 11.8 Å². The van der Waals surface area contributed by atoms with E-state index in [4.69, 9.17) is 5.73 Å². The summed E-state index contributed by atoms with van der Waals surface area (Å²) in [5.41, 5.74) is 5.16. The molecule has 0 saturated carbocycles. The molecular formula is C9H17N3O2. The van der Waals surface area contributed by atoms with Crippen LogP contribution in [0.1, 0.15) is 13.3 Å². The molecule has 1 atom stereocenters. The molecule has 80 valence electrons. The predicted octanol–water partition coefficient (Wildman–Crippen LogP) is -1.07. The first-order valence-corrected chi connectivity index (χ1v) is 4.85. The Bertz CT molecular complexity index is 230. The molecule has 0 aromatic carbocycles. The van der Waals surface area contributed by atoms with E-state index >= 15 is 0 Å². The Morgan fingerprint density at radius 2 is 2.29 bits per heavy atom. The number of amides is 2. The van der Waals surface area contributed by atoms with Crippen molar-refractivity contribution >= 4 is 11.8 Å². The lowest BCUT2D eigenvalue weighted by Crippen LogP contribution is -2.35. The molecule has 0 radical (unpaired) electrons. The van der Waals surface area contributed by atoms with Crippen LogP contribution in [0.2, 0.25) is 0 Å². The molecule has 0 aliphatic carbocycles. The van der Waals surface area contributed by atoms with Crippen LogP contribution < -0.4 is 11.1 Å². The van der Waals surface area contributed by atoms with Gasteiger partial charge in [0.1, 0.15) is 0 Å². The van der Waals surface area contributed by atoms with E-state index in [0.29, 0.717) is 12.5 Å².